The van der Waals surface area contributed by atoms with Crippen molar-refractivity contribution in [3.05, 3.63) is 29.8 Å². The SMILES string of the molecule is CCOc1ccccc1C(=O)NCC1CCN(C(=O)NC(C)(C)C)CC1. The van der Waals surface area contributed by atoms with Crippen LogP contribution in [-0.2, 0) is 0 Å². The highest BCUT2D eigenvalue weighted by Crippen LogP contribution is 2.20. The lowest BCUT2D eigenvalue weighted by Gasteiger charge is -2.34. The molecule has 1 aromatic rings. The molecule has 26 heavy (non-hydrogen) atoms. The van der Waals surface area contributed by atoms with Crippen LogP contribution in [0.5, 0.6) is 5.75 Å². The molecule has 0 spiro atoms. The highest BCUT2D eigenvalue weighted by Gasteiger charge is 2.25. The van der Waals surface area contributed by atoms with Crippen LogP contribution >= 0.6 is 0 Å². The molecule has 0 radical (unpaired) electrons. The first-order chi connectivity index (χ1) is 12.3. The summed E-state index contributed by atoms with van der Waals surface area (Å²) in [4.78, 5) is 26.5. The topological polar surface area (TPSA) is 70.7 Å². The van der Waals surface area contributed by atoms with Gasteiger partial charge in [0.25, 0.3) is 5.91 Å². The van der Waals surface area contributed by atoms with Gasteiger partial charge >= 0.3 is 6.03 Å². The van der Waals surface area contributed by atoms with Crippen LogP contribution in [-0.4, -0.2) is 48.6 Å². The quantitative estimate of drug-likeness (QED) is 0.847. The van der Waals surface area contributed by atoms with Crippen LogP contribution in [0.15, 0.2) is 24.3 Å². The minimum absolute atomic E-state index is 0.00868. The Kier molecular flexibility index (Phi) is 6.89. The van der Waals surface area contributed by atoms with Crippen molar-refractivity contribution >= 4 is 11.9 Å². The average molecular weight is 361 g/mol. The highest BCUT2D eigenvalue weighted by atomic mass is 16.5. The maximum atomic E-state index is 12.4. The van der Waals surface area contributed by atoms with Crippen LogP contribution in [0.1, 0.15) is 50.9 Å². The third-order valence-corrected chi connectivity index (χ3v) is 4.37. The molecule has 1 aliphatic heterocycles. The summed E-state index contributed by atoms with van der Waals surface area (Å²) >= 11 is 0. The maximum absolute atomic E-state index is 12.4. The van der Waals surface area contributed by atoms with E-state index in [0.29, 0.717) is 30.4 Å². The van der Waals surface area contributed by atoms with Gasteiger partial charge in [0.1, 0.15) is 5.75 Å². The van der Waals surface area contributed by atoms with E-state index in [1.54, 1.807) is 6.07 Å². The first kappa shape index (κ1) is 20.1. The molecule has 0 aliphatic carbocycles. The molecule has 0 saturated carbocycles. The molecule has 2 N–H and O–H groups in total. The van der Waals surface area contributed by atoms with Crippen molar-refractivity contribution in [2.45, 2.75) is 46.1 Å². The minimum atomic E-state index is -0.226. The predicted molar refractivity (Wildman–Crippen MR) is 103 cm³/mol. The number of rotatable bonds is 5. The summed E-state index contributed by atoms with van der Waals surface area (Å²) in [6, 6.07) is 7.28. The molecular formula is C20H31N3O3. The van der Waals surface area contributed by atoms with Gasteiger partial charge in [0.2, 0.25) is 0 Å². The van der Waals surface area contributed by atoms with E-state index >= 15 is 0 Å². The molecule has 0 aromatic heterocycles. The maximum Gasteiger partial charge on any atom is 0.317 e. The summed E-state index contributed by atoms with van der Waals surface area (Å²) in [6.07, 6.45) is 1.79. The number of likely N-dealkylation sites (tertiary alicyclic amines) is 1. The van der Waals surface area contributed by atoms with E-state index in [1.807, 2.05) is 50.8 Å². The number of piperidine rings is 1. The third kappa shape index (κ3) is 5.93. The molecule has 6 nitrogen and oxygen atoms in total. The Morgan fingerprint density at radius 2 is 1.85 bits per heavy atom. The molecule has 6 heteroatoms. The molecule has 1 heterocycles. The van der Waals surface area contributed by atoms with Crippen LogP contribution in [0.4, 0.5) is 4.79 Å². The fourth-order valence-electron chi connectivity index (χ4n) is 3.01. The van der Waals surface area contributed by atoms with Gasteiger partial charge in [-0.3, -0.25) is 4.79 Å². The van der Waals surface area contributed by atoms with Crippen LogP contribution in [0.3, 0.4) is 0 Å². The van der Waals surface area contributed by atoms with E-state index in [2.05, 4.69) is 10.6 Å². The number of nitrogens with zero attached hydrogens (tertiary/aromatic N) is 1. The Morgan fingerprint density at radius 3 is 2.46 bits per heavy atom. The molecule has 3 amide bonds. The number of carbonyl (C=O) groups excluding carboxylic acids is 2. The number of para-hydroxylation sites is 1. The second-order valence-corrected chi connectivity index (χ2v) is 7.75. The summed E-state index contributed by atoms with van der Waals surface area (Å²) in [5.74, 6) is 0.889. The summed E-state index contributed by atoms with van der Waals surface area (Å²) < 4.78 is 5.52. The Hall–Kier alpha value is -2.24. The summed E-state index contributed by atoms with van der Waals surface area (Å²) in [6.45, 7) is 10.4. The van der Waals surface area contributed by atoms with Gasteiger partial charge in [-0.25, -0.2) is 4.79 Å². The first-order valence-electron chi connectivity index (χ1n) is 9.37. The molecule has 1 fully saturated rings. The minimum Gasteiger partial charge on any atom is -0.493 e. The third-order valence-electron chi connectivity index (χ3n) is 4.37. The zero-order chi connectivity index (χ0) is 19.2. The van der Waals surface area contributed by atoms with Crippen molar-refractivity contribution in [3.63, 3.8) is 0 Å². The van der Waals surface area contributed by atoms with Gasteiger partial charge in [-0.05, 0) is 58.6 Å². The second-order valence-electron chi connectivity index (χ2n) is 7.75. The molecule has 2 rings (SSSR count). The summed E-state index contributed by atoms with van der Waals surface area (Å²) in [7, 11) is 0. The van der Waals surface area contributed by atoms with Gasteiger partial charge in [0.05, 0.1) is 12.2 Å². The zero-order valence-electron chi connectivity index (χ0n) is 16.3. The molecule has 1 aromatic carbocycles. The normalized spacial score (nSPS) is 15.5. The second kappa shape index (κ2) is 8.92. The Bertz CT molecular complexity index is 617. The standard InChI is InChI=1S/C20H31N3O3/c1-5-26-17-9-7-6-8-16(17)18(24)21-14-15-10-12-23(13-11-15)19(25)22-20(2,3)4/h6-9,15H,5,10-14H2,1-4H3,(H,21,24)(H,22,25). The van der Waals surface area contributed by atoms with Gasteiger partial charge in [-0.2, -0.15) is 0 Å². The van der Waals surface area contributed by atoms with Crippen molar-refractivity contribution in [1.29, 1.82) is 0 Å². The van der Waals surface area contributed by atoms with Crippen LogP contribution < -0.4 is 15.4 Å². The van der Waals surface area contributed by atoms with Gasteiger partial charge < -0.3 is 20.3 Å². The molecule has 1 aliphatic rings. The smallest absolute Gasteiger partial charge is 0.317 e. The first-order valence-corrected chi connectivity index (χ1v) is 9.37. The number of carbonyl (C=O) groups is 2. The predicted octanol–water partition coefficient (Wildman–Crippen LogP) is 3.04. The van der Waals surface area contributed by atoms with E-state index in [-0.39, 0.29) is 17.5 Å². The summed E-state index contributed by atoms with van der Waals surface area (Å²) in [5.41, 5.74) is 0.340. The van der Waals surface area contributed by atoms with E-state index in [9.17, 15) is 9.59 Å². The lowest BCUT2D eigenvalue weighted by molar-refractivity contribution is 0.0933. The molecule has 144 valence electrons. The van der Waals surface area contributed by atoms with Crippen molar-refractivity contribution in [3.8, 4) is 5.75 Å². The van der Waals surface area contributed by atoms with E-state index < -0.39 is 0 Å². The largest absolute Gasteiger partial charge is 0.493 e. The number of urea groups is 1. The van der Waals surface area contributed by atoms with Gasteiger partial charge in [-0.1, -0.05) is 12.1 Å². The number of hydrogen-bond acceptors (Lipinski definition) is 3. The molecule has 1 saturated heterocycles. The van der Waals surface area contributed by atoms with Gasteiger partial charge in [0.15, 0.2) is 0 Å². The number of ether oxygens (including phenoxy) is 1. The molecule has 0 bridgehead atoms. The Balaban J connectivity index is 1.80. The number of benzene rings is 1. The number of hydrogen-bond donors (Lipinski definition) is 2. The van der Waals surface area contributed by atoms with Crippen LogP contribution in [0, 0.1) is 5.92 Å². The van der Waals surface area contributed by atoms with Crippen LogP contribution in [0.2, 0.25) is 0 Å². The highest BCUT2D eigenvalue weighted by molar-refractivity contribution is 5.96. The lowest BCUT2D eigenvalue weighted by Crippen LogP contribution is -2.51. The van der Waals surface area contributed by atoms with Crippen LogP contribution in [0.25, 0.3) is 0 Å². The van der Waals surface area contributed by atoms with Crippen molar-refractivity contribution in [1.82, 2.24) is 15.5 Å². The van der Waals surface area contributed by atoms with Gasteiger partial charge in [0, 0.05) is 25.2 Å². The van der Waals surface area contributed by atoms with E-state index in [1.165, 1.54) is 0 Å². The zero-order valence-corrected chi connectivity index (χ0v) is 16.3. The van der Waals surface area contributed by atoms with Gasteiger partial charge in [-0.15, -0.1) is 0 Å². The summed E-state index contributed by atoms with van der Waals surface area (Å²) in [5, 5.41) is 6.01. The molecule has 0 atom stereocenters. The Labute approximate surface area is 156 Å². The average Bonchev–Trinajstić information content (AvgIpc) is 2.59. The van der Waals surface area contributed by atoms with E-state index in [4.69, 9.17) is 4.74 Å². The number of amides is 3. The fourth-order valence-corrected chi connectivity index (χ4v) is 3.01. The van der Waals surface area contributed by atoms with E-state index in [0.717, 1.165) is 25.9 Å². The number of nitrogens with one attached hydrogen (secondary N) is 2. The molecule has 0 unspecified atom stereocenters. The van der Waals surface area contributed by atoms with Crippen molar-refractivity contribution in [2.24, 2.45) is 5.92 Å². The van der Waals surface area contributed by atoms with Crippen molar-refractivity contribution < 1.29 is 14.3 Å². The monoisotopic (exact) mass is 361 g/mol. The fraction of sp³-hybridized carbons (Fsp3) is 0.600. The van der Waals surface area contributed by atoms with Crippen molar-refractivity contribution in [2.75, 3.05) is 26.2 Å². The molecular weight excluding hydrogens is 330 g/mol. The Morgan fingerprint density at radius 1 is 1.19 bits per heavy atom. The lowest BCUT2D eigenvalue weighted by atomic mass is 9.96.